The Hall–Kier alpha value is -0.890. The van der Waals surface area contributed by atoms with Crippen molar-refractivity contribution in [3.05, 3.63) is 23.4 Å². The molecule has 0 spiro atoms. The van der Waals surface area contributed by atoms with Gasteiger partial charge in [0.25, 0.3) is 0 Å². The van der Waals surface area contributed by atoms with Crippen molar-refractivity contribution in [2.75, 3.05) is 0 Å². The topological polar surface area (TPSA) is 85.9 Å². The number of fused-ring (bicyclic) bond motifs is 1. The summed E-state index contributed by atoms with van der Waals surface area (Å²) >= 11 is 13.2. The van der Waals surface area contributed by atoms with E-state index in [1.165, 1.54) is 6.20 Å². The van der Waals surface area contributed by atoms with Crippen LogP contribution in [-0.4, -0.2) is 42.3 Å². The van der Waals surface area contributed by atoms with Crippen molar-refractivity contribution in [2.45, 2.75) is 35.0 Å². The number of rotatable bonds is 3. The highest BCUT2D eigenvalue weighted by molar-refractivity contribution is 9.10. The van der Waals surface area contributed by atoms with Crippen molar-refractivity contribution in [3.8, 4) is 11.5 Å². The van der Waals surface area contributed by atoms with E-state index in [0.29, 0.717) is 17.7 Å². The summed E-state index contributed by atoms with van der Waals surface area (Å²) in [7, 11) is 0. The number of aliphatic hydroxyl groups is 1. The molecule has 1 aromatic heterocycles. The number of aromatic hydroxyl groups is 2. The van der Waals surface area contributed by atoms with Gasteiger partial charge in [-0.3, -0.25) is 9.98 Å². The van der Waals surface area contributed by atoms with Gasteiger partial charge in [-0.05, 0) is 37.3 Å². The van der Waals surface area contributed by atoms with Gasteiger partial charge in [0.1, 0.15) is 22.0 Å². The van der Waals surface area contributed by atoms with E-state index in [9.17, 15) is 15.3 Å². The smallest absolute Gasteiger partial charge is 0.169 e. The number of alkyl halides is 2. The number of halogens is 3. The van der Waals surface area contributed by atoms with E-state index in [-0.39, 0.29) is 37.4 Å². The van der Waals surface area contributed by atoms with Crippen molar-refractivity contribution < 1.29 is 15.3 Å². The molecule has 0 saturated heterocycles. The SMILES string of the molecule is Oc1c(Cl)c(N=CCC2CC(Br)C(O)C(Br)C2)c(O)c2ncccc12. The van der Waals surface area contributed by atoms with Crippen LogP contribution in [0.2, 0.25) is 5.02 Å². The van der Waals surface area contributed by atoms with Gasteiger partial charge in [-0.15, -0.1) is 0 Å². The van der Waals surface area contributed by atoms with E-state index in [0.717, 1.165) is 12.8 Å². The lowest BCUT2D eigenvalue weighted by atomic mass is 9.85. The lowest BCUT2D eigenvalue weighted by Crippen LogP contribution is -2.38. The van der Waals surface area contributed by atoms with Crippen LogP contribution in [0.5, 0.6) is 11.5 Å². The summed E-state index contributed by atoms with van der Waals surface area (Å²) in [5.41, 5.74) is 0.380. The maximum absolute atomic E-state index is 10.4. The number of aliphatic hydroxyl groups excluding tert-OH is 1. The van der Waals surface area contributed by atoms with Gasteiger partial charge in [-0.2, -0.15) is 0 Å². The van der Waals surface area contributed by atoms with Crippen molar-refractivity contribution in [1.82, 2.24) is 4.98 Å². The number of pyridine rings is 1. The highest BCUT2D eigenvalue weighted by atomic mass is 79.9. The Bertz CT molecular complexity index is 806. The normalized spacial score (nSPS) is 27.2. The number of hydrogen-bond acceptors (Lipinski definition) is 5. The molecule has 1 aliphatic carbocycles. The predicted molar refractivity (Wildman–Crippen MR) is 107 cm³/mol. The number of nitrogens with zero attached hydrogens (tertiary/aromatic N) is 2. The van der Waals surface area contributed by atoms with Crippen molar-refractivity contribution in [2.24, 2.45) is 10.9 Å². The fraction of sp³-hybridized carbons (Fsp3) is 0.412. The fourth-order valence-electron chi connectivity index (χ4n) is 3.07. The van der Waals surface area contributed by atoms with Crippen LogP contribution in [0.15, 0.2) is 23.3 Å². The third kappa shape index (κ3) is 3.79. The van der Waals surface area contributed by atoms with Gasteiger partial charge in [0, 0.05) is 27.5 Å². The third-order valence-electron chi connectivity index (χ3n) is 4.44. The number of hydrogen-bond donors (Lipinski definition) is 3. The summed E-state index contributed by atoms with van der Waals surface area (Å²) in [6.45, 7) is 0. The second-order valence-electron chi connectivity index (χ2n) is 6.17. The molecule has 1 fully saturated rings. The van der Waals surface area contributed by atoms with Crippen molar-refractivity contribution in [1.29, 1.82) is 0 Å². The van der Waals surface area contributed by atoms with Gasteiger partial charge >= 0.3 is 0 Å². The second-order valence-corrected chi connectivity index (χ2v) is 8.90. The molecular formula is C17H17Br2ClN2O3. The van der Waals surface area contributed by atoms with Crippen LogP contribution in [0.4, 0.5) is 5.69 Å². The number of benzene rings is 1. The van der Waals surface area contributed by atoms with E-state index in [4.69, 9.17) is 11.6 Å². The standard InChI is InChI=1S/C17H17Br2ClN2O3/c18-10-6-8(7-11(19)16(10)24)3-5-22-14-12(20)15(23)9-2-1-4-21-13(9)17(14)25/h1-2,4-5,8,10-11,16,23-25H,3,6-7H2. The molecule has 0 radical (unpaired) electrons. The van der Waals surface area contributed by atoms with E-state index in [2.05, 4.69) is 41.8 Å². The molecule has 1 heterocycles. The first-order valence-electron chi connectivity index (χ1n) is 7.87. The van der Waals surface area contributed by atoms with Gasteiger partial charge in [0.15, 0.2) is 5.75 Å². The molecule has 25 heavy (non-hydrogen) atoms. The van der Waals surface area contributed by atoms with Crippen molar-refractivity contribution >= 4 is 66.3 Å². The summed E-state index contributed by atoms with van der Waals surface area (Å²) in [5, 5.41) is 31.0. The lowest BCUT2D eigenvalue weighted by molar-refractivity contribution is 0.129. The molecule has 0 bridgehead atoms. The van der Waals surface area contributed by atoms with Crippen LogP contribution in [0.3, 0.4) is 0 Å². The molecule has 1 aliphatic rings. The Morgan fingerprint density at radius 2 is 1.92 bits per heavy atom. The Balaban J connectivity index is 1.82. The first kappa shape index (κ1) is 18.9. The highest BCUT2D eigenvalue weighted by Gasteiger charge is 2.33. The summed E-state index contributed by atoms with van der Waals surface area (Å²) < 4.78 is 0. The van der Waals surface area contributed by atoms with E-state index in [1.807, 2.05) is 0 Å². The van der Waals surface area contributed by atoms with Crippen LogP contribution in [-0.2, 0) is 0 Å². The molecule has 2 unspecified atom stereocenters. The summed E-state index contributed by atoms with van der Waals surface area (Å²) in [4.78, 5) is 8.44. The molecule has 0 amide bonds. The lowest BCUT2D eigenvalue weighted by Gasteiger charge is -2.33. The second kappa shape index (κ2) is 7.78. The maximum Gasteiger partial charge on any atom is 0.169 e. The van der Waals surface area contributed by atoms with Gasteiger partial charge in [-0.25, -0.2) is 0 Å². The molecule has 134 valence electrons. The van der Waals surface area contributed by atoms with E-state index in [1.54, 1.807) is 18.3 Å². The van der Waals surface area contributed by atoms with Crippen LogP contribution in [0.1, 0.15) is 19.3 Å². The summed E-state index contributed by atoms with van der Waals surface area (Å²) in [6.07, 6.45) is 5.15. The average molecular weight is 493 g/mol. The third-order valence-corrected chi connectivity index (χ3v) is 6.63. The monoisotopic (exact) mass is 490 g/mol. The number of phenols is 2. The quantitative estimate of drug-likeness (QED) is 0.330. The zero-order valence-corrected chi connectivity index (χ0v) is 17.0. The molecular weight excluding hydrogens is 475 g/mol. The largest absolute Gasteiger partial charge is 0.506 e. The number of phenolic OH excluding ortho intramolecular Hbond substituents is 2. The number of aliphatic imine (C=N–C) groups is 1. The summed E-state index contributed by atoms with van der Waals surface area (Å²) in [6, 6.07) is 3.29. The maximum atomic E-state index is 10.4. The predicted octanol–water partition coefficient (Wildman–Crippen LogP) is 4.69. The minimum atomic E-state index is -0.407. The molecule has 3 N–H and O–H groups in total. The van der Waals surface area contributed by atoms with Crippen molar-refractivity contribution in [3.63, 3.8) is 0 Å². The minimum Gasteiger partial charge on any atom is -0.506 e. The van der Waals surface area contributed by atoms with Gasteiger partial charge < -0.3 is 15.3 Å². The van der Waals surface area contributed by atoms with E-state index < -0.39 is 6.10 Å². The molecule has 5 nitrogen and oxygen atoms in total. The Kier molecular flexibility index (Phi) is 5.88. The molecule has 1 saturated carbocycles. The van der Waals surface area contributed by atoms with Gasteiger partial charge in [0.2, 0.25) is 0 Å². The Labute approximate surface area is 167 Å². The van der Waals surface area contributed by atoms with E-state index >= 15 is 0 Å². The zero-order valence-electron chi connectivity index (χ0n) is 13.1. The van der Waals surface area contributed by atoms with Crippen LogP contribution < -0.4 is 0 Å². The first-order chi connectivity index (χ1) is 11.9. The summed E-state index contributed by atoms with van der Waals surface area (Å²) in [5.74, 6) is 0.0519. The molecule has 2 atom stereocenters. The van der Waals surface area contributed by atoms with Gasteiger partial charge in [0.05, 0.1) is 6.10 Å². The minimum absolute atomic E-state index is 0.00468. The van der Waals surface area contributed by atoms with Crippen LogP contribution in [0, 0.1) is 5.92 Å². The Morgan fingerprint density at radius 3 is 2.60 bits per heavy atom. The molecule has 2 aromatic rings. The first-order valence-corrected chi connectivity index (χ1v) is 10.1. The highest BCUT2D eigenvalue weighted by Crippen LogP contribution is 2.46. The molecule has 3 rings (SSSR count). The number of aromatic nitrogens is 1. The zero-order chi connectivity index (χ0) is 18.1. The average Bonchev–Trinajstić information content (AvgIpc) is 2.60. The van der Waals surface area contributed by atoms with Crippen LogP contribution in [0.25, 0.3) is 10.9 Å². The molecule has 0 aliphatic heterocycles. The fourth-order valence-corrected chi connectivity index (χ4v) is 5.52. The van der Waals surface area contributed by atoms with Crippen LogP contribution >= 0.6 is 43.5 Å². The molecule has 1 aromatic carbocycles. The van der Waals surface area contributed by atoms with Gasteiger partial charge in [-0.1, -0.05) is 43.5 Å². The molecule has 8 heteroatoms. The Morgan fingerprint density at radius 1 is 1.24 bits per heavy atom.